The topological polar surface area (TPSA) is 55.8 Å². The van der Waals surface area contributed by atoms with Crippen LogP contribution in [-0.2, 0) is 9.31 Å². The molecule has 0 bridgehead atoms. The molecule has 0 saturated heterocycles. The van der Waals surface area contributed by atoms with Crippen LogP contribution in [0.4, 0.5) is 0 Å². The Morgan fingerprint density at radius 3 is 2.54 bits per heavy atom. The van der Waals surface area contributed by atoms with Crippen molar-refractivity contribution in [3.8, 4) is 0 Å². The van der Waals surface area contributed by atoms with E-state index in [4.69, 9.17) is 5.02 Å². The summed E-state index contributed by atoms with van der Waals surface area (Å²) < 4.78 is 8.83. The molecule has 1 rings (SSSR count). The highest BCUT2D eigenvalue weighted by Crippen LogP contribution is 2.01. The van der Waals surface area contributed by atoms with Crippen LogP contribution in [0.3, 0.4) is 0 Å². The molecule has 5 heteroatoms. The van der Waals surface area contributed by atoms with Crippen LogP contribution in [0.5, 0.6) is 0 Å². The molecule has 0 unspecified atom stereocenters. The van der Waals surface area contributed by atoms with E-state index in [9.17, 15) is 4.79 Å². The van der Waals surface area contributed by atoms with Crippen LogP contribution >= 0.6 is 0 Å². The first-order valence-electron chi connectivity index (χ1n) is 3.71. The van der Waals surface area contributed by atoms with Gasteiger partial charge < -0.3 is 14.3 Å². The minimum absolute atomic E-state index is 0.374. The Hall–Kier alpha value is -1.33. The summed E-state index contributed by atoms with van der Waals surface area (Å²) in [5, 5.41) is 8.82. The molecule has 0 saturated carbocycles. The largest absolute Gasteiger partial charge is 0.712 e. The maximum Gasteiger partial charge on any atom is 0.712 e. The van der Waals surface area contributed by atoms with Crippen molar-refractivity contribution in [2.24, 2.45) is 0 Å². The van der Waals surface area contributed by atoms with E-state index in [0.29, 0.717) is 5.56 Å². The molecule has 68 valence electrons. The van der Waals surface area contributed by atoms with E-state index in [2.05, 4.69) is 9.31 Å². The molecular weight excluding hydrogens is 171 g/mol. The van der Waals surface area contributed by atoms with Crippen molar-refractivity contribution >= 4 is 13.3 Å². The summed E-state index contributed by atoms with van der Waals surface area (Å²) in [7, 11) is -0.268. The summed E-state index contributed by atoms with van der Waals surface area (Å²) in [5.74, 6) is -0.616. The third-order valence-corrected chi connectivity index (χ3v) is 1.42. The van der Waals surface area contributed by atoms with E-state index < -0.39 is 13.3 Å². The summed E-state index contributed by atoms with van der Waals surface area (Å²) in [4.78, 5) is 11.2. The normalized spacial score (nSPS) is 9.38. The van der Waals surface area contributed by atoms with Gasteiger partial charge in [0.15, 0.2) is 0 Å². The third-order valence-electron chi connectivity index (χ3n) is 1.42. The highest BCUT2D eigenvalue weighted by Gasteiger charge is 2.20. The fraction of sp³-hybridized carbons (Fsp3) is 0.125. The predicted molar refractivity (Wildman–Crippen MR) is 46.8 cm³/mol. The Balaban J connectivity index is 2.59. The molecule has 1 aromatic rings. The summed E-state index contributed by atoms with van der Waals surface area (Å²) in [6, 6.07) is 8.37. The van der Waals surface area contributed by atoms with Gasteiger partial charge in [-0.15, -0.1) is 0 Å². The van der Waals surface area contributed by atoms with Crippen molar-refractivity contribution < 1.29 is 19.1 Å². The lowest BCUT2D eigenvalue weighted by Crippen LogP contribution is -2.24. The van der Waals surface area contributed by atoms with Crippen molar-refractivity contribution in [3.05, 3.63) is 35.9 Å². The van der Waals surface area contributed by atoms with E-state index in [0.717, 1.165) is 0 Å². The molecular formula is C8H9BO4. The van der Waals surface area contributed by atoms with Gasteiger partial charge in [0.1, 0.15) is 0 Å². The average Bonchev–Trinajstić information content (AvgIpc) is 2.19. The van der Waals surface area contributed by atoms with Crippen molar-refractivity contribution in [3.63, 3.8) is 0 Å². The molecule has 0 radical (unpaired) electrons. The predicted octanol–water partition coefficient (Wildman–Crippen LogP) is 0.467. The van der Waals surface area contributed by atoms with Crippen LogP contribution in [0.1, 0.15) is 10.4 Å². The van der Waals surface area contributed by atoms with E-state index in [-0.39, 0.29) is 0 Å². The first-order valence-corrected chi connectivity index (χ1v) is 3.71. The van der Waals surface area contributed by atoms with Crippen molar-refractivity contribution in [1.29, 1.82) is 0 Å². The second-order valence-electron chi connectivity index (χ2n) is 2.31. The molecule has 0 atom stereocenters. The van der Waals surface area contributed by atoms with Crippen LogP contribution in [0.25, 0.3) is 0 Å². The van der Waals surface area contributed by atoms with Gasteiger partial charge in [-0.3, -0.25) is 0 Å². The lowest BCUT2D eigenvalue weighted by atomic mass is 10.2. The number of carbonyl (C=O) groups excluding carboxylic acids is 1. The van der Waals surface area contributed by atoms with Crippen LogP contribution in [-0.4, -0.2) is 25.4 Å². The molecule has 0 aromatic heterocycles. The molecule has 4 nitrogen and oxygen atoms in total. The third kappa shape index (κ3) is 2.89. The van der Waals surface area contributed by atoms with Gasteiger partial charge in [-0.05, 0) is 12.1 Å². The quantitative estimate of drug-likeness (QED) is 0.686. The molecule has 13 heavy (non-hydrogen) atoms. The van der Waals surface area contributed by atoms with Gasteiger partial charge in [0.25, 0.3) is 0 Å². The van der Waals surface area contributed by atoms with Gasteiger partial charge >= 0.3 is 13.3 Å². The minimum atomic E-state index is -1.51. The van der Waals surface area contributed by atoms with Crippen LogP contribution in [0.15, 0.2) is 30.3 Å². The molecule has 0 aliphatic rings. The van der Waals surface area contributed by atoms with Gasteiger partial charge in [-0.25, -0.2) is 4.79 Å². The lowest BCUT2D eigenvalue weighted by molar-refractivity contribution is 0.0626. The van der Waals surface area contributed by atoms with Gasteiger partial charge in [-0.2, -0.15) is 0 Å². The number of carbonyl (C=O) groups is 1. The Morgan fingerprint density at radius 1 is 1.38 bits per heavy atom. The second-order valence-corrected chi connectivity index (χ2v) is 2.31. The Kier molecular flexibility index (Phi) is 3.48. The number of hydrogen-bond acceptors (Lipinski definition) is 4. The van der Waals surface area contributed by atoms with E-state index in [1.165, 1.54) is 7.11 Å². The molecule has 1 N–H and O–H groups in total. The molecule has 0 aliphatic heterocycles. The number of hydrogen-bond donors (Lipinski definition) is 1. The smallest absolute Gasteiger partial charge is 0.481 e. The Morgan fingerprint density at radius 2 is 2.00 bits per heavy atom. The van der Waals surface area contributed by atoms with E-state index in [1.54, 1.807) is 30.3 Å². The molecule has 0 aliphatic carbocycles. The zero-order valence-electron chi connectivity index (χ0n) is 7.14. The zero-order valence-corrected chi connectivity index (χ0v) is 7.14. The van der Waals surface area contributed by atoms with Gasteiger partial charge in [0, 0.05) is 7.11 Å². The van der Waals surface area contributed by atoms with E-state index in [1.807, 2.05) is 0 Å². The summed E-state index contributed by atoms with van der Waals surface area (Å²) >= 11 is 0. The number of rotatable bonds is 3. The fourth-order valence-corrected chi connectivity index (χ4v) is 0.782. The average molecular weight is 180 g/mol. The highest BCUT2D eigenvalue weighted by molar-refractivity contribution is 6.38. The van der Waals surface area contributed by atoms with Crippen molar-refractivity contribution in [2.45, 2.75) is 0 Å². The monoisotopic (exact) mass is 180 g/mol. The SMILES string of the molecule is COB(O)OC(=O)c1ccccc1. The van der Waals surface area contributed by atoms with E-state index >= 15 is 0 Å². The number of benzene rings is 1. The molecule has 1 aromatic carbocycles. The summed E-state index contributed by atoms with van der Waals surface area (Å²) in [5.41, 5.74) is 0.374. The first kappa shape index (κ1) is 9.76. The van der Waals surface area contributed by atoms with Crippen LogP contribution in [0.2, 0.25) is 0 Å². The molecule has 0 heterocycles. The zero-order chi connectivity index (χ0) is 9.68. The van der Waals surface area contributed by atoms with Crippen LogP contribution in [0, 0.1) is 0 Å². The standard InChI is InChI=1S/C8H9BO4/c1-12-9(11)13-8(10)7-5-3-2-4-6-7/h2-6,11H,1H3. The maximum atomic E-state index is 11.2. The van der Waals surface area contributed by atoms with Crippen LogP contribution < -0.4 is 0 Å². The summed E-state index contributed by atoms with van der Waals surface area (Å²) in [6.45, 7) is 0. The van der Waals surface area contributed by atoms with Gasteiger partial charge in [0.2, 0.25) is 0 Å². The molecule has 0 amide bonds. The molecule has 0 fully saturated rings. The van der Waals surface area contributed by atoms with Gasteiger partial charge in [-0.1, -0.05) is 18.2 Å². The molecule has 0 spiro atoms. The maximum absolute atomic E-state index is 11.2. The fourth-order valence-electron chi connectivity index (χ4n) is 0.782. The highest BCUT2D eigenvalue weighted by atomic mass is 16.7. The van der Waals surface area contributed by atoms with Crippen molar-refractivity contribution in [2.75, 3.05) is 7.11 Å². The summed E-state index contributed by atoms with van der Waals surface area (Å²) in [6.07, 6.45) is 0. The van der Waals surface area contributed by atoms with Gasteiger partial charge in [0.05, 0.1) is 5.56 Å². The lowest BCUT2D eigenvalue weighted by Gasteiger charge is -2.04. The Bertz CT molecular complexity index is 275. The second kappa shape index (κ2) is 4.64. The Labute approximate surface area is 76.3 Å². The first-order chi connectivity index (χ1) is 6.24. The minimum Gasteiger partial charge on any atom is -0.481 e. The van der Waals surface area contributed by atoms with Crippen molar-refractivity contribution in [1.82, 2.24) is 0 Å².